The molecule has 0 saturated heterocycles. The summed E-state index contributed by atoms with van der Waals surface area (Å²) in [5.41, 5.74) is 2.66. The molecule has 1 heterocycles. The number of benzene rings is 2. The van der Waals surface area contributed by atoms with Gasteiger partial charge in [-0.15, -0.1) is 0 Å². The van der Waals surface area contributed by atoms with Gasteiger partial charge in [-0.05, 0) is 36.8 Å². The Morgan fingerprint density at radius 2 is 1.81 bits per heavy atom. The molecule has 138 valence electrons. The lowest BCUT2D eigenvalue weighted by Gasteiger charge is -2.14. The Labute approximate surface area is 156 Å². The van der Waals surface area contributed by atoms with Gasteiger partial charge in [0, 0.05) is 25.4 Å². The van der Waals surface area contributed by atoms with E-state index in [1.165, 1.54) is 35.0 Å². The van der Waals surface area contributed by atoms with Gasteiger partial charge < -0.3 is 15.2 Å². The molecular formula is C21H20FN3O2. The number of pyridine rings is 1. The number of aryl methyl sites for hydroxylation is 2. The van der Waals surface area contributed by atoms with E-state index in [-0.39, 0.29) is 11.5 Å². The quantitative estimate of drug-likeness (QED) is 0.725. The summed E-state index contributed by atoms with van der Waals surface area (Å²) in [7, 11) is 1.59. The van der Waals surface area contributed by atoms with Crippen molar-refractivity contribution in [2.45, 2.75) is 13.5 Å². The van der Waals surface area contributed by atoms with E-state index in [0.29, 0.717) is 29.0 Å². The van der Waals surface area contributed by atoms with E-state index in [2.05, 4.69) is 10.6 Å². The molecule has 1 aromatic heterocycles. The third-order valence-electron chi connectivity index (χ3n) is 4.18. The molecule has 0 aliphatic carbocycles. The lowest BCUT2D eigenvalue weighted by Crippen LogP contribution is -2.22. The molecule has 2 N–H and O–H groups in total. The zero-order valence-corrected chi connectivity index (χ0v) is 15.1. The van der Waals surface area contributed by atoms with E-state index in [4.69, 9.17) is 0 Å². The SMILES string of the molecule is Cc1cc(C(=O)Nc2ccc(F)cc2NCc2ccccc2)cn(C)c1=O. The molecule has 0 aliphatic rings. The maximum absolute atomic E-state index is 13.7. The monoisotopic (exact) mass is 365 g/mol. The Balaban J connectivity index is 1.82. The molecule has 0 unspecified atom stereocenters. The normalized spacial score (nSPS) is 10.5. The molecule has 27 heavy (non-hydrogen) atoms. The van der Waals surface area contributed by atoms with Crippen LogP contribution in [-0.4, -0.2) is 10.5 Å². The van der Waals surface area contributed by atoms with Crippen molar-refractivity contribution in [1.82, 2.24) is 4.57 Å². The molecule has 5 nitrogen and oxygen atoms in total. The van der Waals surface area contributed by atoms with Crippen molar-refractivity contribution in [3.8, 4) is 0 Å². The summed E-state index contributed by atoms with van der Waals surface area (Å²) in [6.45, 7) is 2.15. The first kappa shape index (κ1) is 18.4. The van der Waals surface area contributed by atoms with Gasteiger partial charge in [0.2, 0.25) is 0 Å². The third-order valence-corrected chi connectivity index (χ3v) is 4.18. The van der Waals surface area contributed by atoms with Crippen LogP contribution in [-0.2, 0) is 13.6 Å². The van der Waals surface area contributed by atoms with Gasteiger partial charge in [-0.1, -0.05) is 30.3 Å². The molecule has 0 spiro atoms. The third kappa shape index (κ3) is 4.41. The van der Waals surface area contributed by atoms with E-state index in [1.54, 1.807) is 14.0 Å². The largest absolute Gasteiger partial charge is 0.379 e. The second-order valence-electron chi connectivity index (χ2n) is 6.31. The van der Waals surface area contributed by atoms with Gasteiger partial charge in [0.1, 0.15) is 5.82 Å². The Hall–Kier alpha value is -3.41. The zero-order valence-electron chi connectivity index (χ0n) is 15.1. The molecule has 3 rings (SSSR count). The van der Waals surface area contributed by atoms with Crippen LogP contribution in [0.2, 0.25) is 0 Å². The van der Waals surface area contributed by atoms with Crippen molar-refractivity contribution >= 4 is 17.3 Å². The minimum Gasteiger partial charge on any atom is -0.379 e. The molecule has 0 fully saturated rings. The fraction of sp³-hybridized carbons (Fsp3) is 0.143. The van der Waals surface area contributed by atoms with E-state index in [0.717, 1.165) is 5.56 Å². The number of carbonyl (C=O) groups is 1. The molecule has 3 aromatic rings. The number of nitrogens with zero attached hydrogens (tertiary/aromatic N) is 1. The van der Waals surface area contributed by atoms with Gasteiger partial charge >= 0.3 is 0 Å². The summed E-state index contributed by atoms with van der Waals surface area (Å²) >= 11 is 0. The molecule has 1 amide bonds. The number of carbonyl (C=O) groups excluding carboxylic acids is 1. The summed E-state index contributed by atoms with van der Waals surface area (Å²) in [6, 6.07) is 15.4. The van der Waals surface area contributed by atoms with E-state index in [1.807, 2.05) is 30.3 Å². The molecule has 0 radical (unpaired) electrons. The van der Waals surface area contributed by atoms with Crippen LogP contribution in [0.1, 0.15) is 21.5 Å². The first-order valence-electron chi connectivity index (χ1n) is 8.50. The number of amides is 1. The average molecular weight is 365 g/mol. The highest BCUT2D eigenvalue weighted by atomic mass is 19.1. The van der Waals surface area contributed by atoms with Gasteiger partial charge in [-0.3, -0.25) is 9.59 Å². The highest BCUT2D eigenvalue weighted by Crippen LogP contribution is 2.24. The van der Waals surface area contributed by atoms with Crippen molar-refractivity contribution in [1.29, 1.82) is 0 Å². The fourth-order valence-electron chi connectivity index (χ4n) is 2.76. The Bertz CT molecular complexity index is 1000. The predicted molar refractivity (Wildman–Crippen MR) is 105 cm³/mol. The molecule has 2 aromatic carbocycles. The minimum absolute atomic E-state index is 0.154. The highest BCUT2D eigenvalue weighted by molar-refractivity contribution is 6.05. The summed E-state index contributed by atoms with van der Waals surface area (Å²) in [6.07, 6.45) is 1.48. The summed E-state index contributed by atoms with van der Waals surface area (Å²) in [5.74, 6) is -0.774. The van der Waals surface area contributed by atoms with Gasteiger partial charge in [-0.2, -0.15) is 0 Å². The van der Waals surface area contributed by atoms with Crippen LogP contribution in [0, 0.1) is 12.7 Å². The Kier molecular flexibility index (Phi) is 5.35. The first-order chi connectivity index (χ1) is 12.9. The Morgan fingerprint density at radius 3 is 2.52 bits per heavy atom. The number of hydrogen-bond acceptors (Lipinski definition) is 3. The minimum atomic E-state index is -0.401. The summed E-state index contributed by atoms with van der Waals surface area (Å²) in [5, 5.41) is 5.93. The number of nitrogens with one attached hydrogen (secondary N) is 2. The van der Waals surface area contributed by atoms with Crippen LogP contribution in [0.5, 0.6) is 0 Å². The number of hydrogen-bond donors (Lipinski definition) is 2. The van der Waals surface area contributed by atoms with E-state index >= 15 is 0 Å². The van der Waals surface area contributed by atoms with Gasteiger partial charge in [0.15, 0.2) is 0 Å². The number of aromatic nitrogens is 1. The second-order valence-corrected chi connectivity index (χ2v) is 6.31. The van der Waals surface area contributed by atoms with Gasteiger partial charge in [0.25, 0.3) is 11.5 Å². The molecule has 0 atom stereocenters. The van der Waals surface area contributed by atoms with Crippen LogP contribution in [0.15, 0.2) is 65.6 Å². The van der Waals surface area contributed by atoms with Crippen LogP contribution in [0.25, 0.3) is 0 Å². The van der Waals surface area contributed by atoms with Gasteiger partial charge in [0.05, 0.1) is 16.9 Å². The summed E-state index contributed by atoms with van der Waals surface area (Å²) in [4.78, 5) is 24.4. The van der Waals surface area contributed by atoms with Crippen molar-refractivity contribution in [3.63, 3.8) is 0 Å². The van der Waals surface area contributed by atoms with Crippen molar-refractivity contribution in [2.24, 2.45) is 7.05 Å². The van der Waals surface area contributed by atoms with Crippen LogP contribution < -0.4 is 16.2 Å². The summed E-state index contributed by atoms with van der Waals surface area (Å²) < 4.78 is 15.1. The highest BCUT2D eigenvalue weighted by Gasteiger charge is 2.12. The van der Waals surface area contributed by atoms with Crippen molar-refractivity contribution < 1.29 is 9.18 Å². The van der Waals surface area contributed by atoms with Crippen LogP contribution >= 0.6 is 0 Å². The maximum Gasteiger partial charge on any atom is 0.257 e. The number of halogens is 1. The average Bonchev–Trinajstić information content (AvgIpc) is 2.66. The topological polar surface area (TPSA) is 63.1 Å². The number of anilines is 2. The molecular weight excluding hydrogens is 345 g/mol. The molecule has 0 aliphatic heterocycles. The van der Waals surface area contributed by atoms with Crippen LogP contribution in [0.3, 0.4) is 0 Å². The number of rotatable bonds is 5. The second kappa shape index (κ2) is 7.86. The predicted octanol–water partition coefficient (Wildman–Crippen LogP) is 3.70. The smallest absolute Gasteiger partial charge is 0.257 e. The molecule has 6 heteroatoms. The standard InChI is InChI=1S/C21H20FN3O2/c1-14-10-16(13-25(2)21(14)27)20(26)24-18-9-8-17(22)11-19(18)23-12-15-6-4-3-5-7-15/h3-11,13,23H,12H2,1-2H3,(H,24,26). The van der Waals surface area contributed by atoms with Gasteiger partial charge in [-0.25, -0.2) is 4.39 Å². The molecule has 0 saturated carbocycles. The lowest BCUT2D eigenvalue weighted by molar-refractivity contribution is 0.102. The lowest BCUT2D eigenvalue weighted by atomic mass is 10.1. The van der Waals surface area contributed by atoms with Crippen molar-refractivity contribution in [2.75, 3.05) is 10.6 Å². The fourth-order valence-corrected chi connectivity index (χ4v) is 2.76. The van der Waals surface area contributed by atoms with Crippen LogP contribution in [0.4, 0.5) is 15.8 Å². The molecule has 0 bridgehead atoms. The van der Waals surface area contributed by atoms with Crippen molar-refractivity contribution in [3.05, 3.63) is 93.7 Å². The maximum atomic E-state index is 13.7. The first-order valence-corrected chi connectivity index (χ1v) is 8.50. The van der Waals surface area contributed by atoms with E-state index < -0.39 is 5.82 Å². The Morgan fingerprint density at radius 1 is 1.07 bits per heavy atom. The van der Waals surface area contributed by atoms with E-state index in [9.17, 15) is 14.0 Å². The zero-order chi connectivity index (χ0) is 19.4.